The van der Waals surface area contributed by atoms with Gasteiger partial charge < -0.3 is 19.5 Å². The predicted octanol–water partition coefficient (Wildman–Crippen LogP) is 1.99. The Hall–Kier alpha value is -2.19. The molecule has 0 amide bonds. The van der Waals surface area contributed by atoms with Gasteiger partial charge in [0.05, 0.1) is 25.3 Å². The molecule has 0 spiro atoms. The smallest absolute Gasteiger partial charge is 0.314 e. The fraction of sp³-hybridized carbons (Fsp3) is 0.500. The molecule has 8 heteroatoms. The van der Waals surface area contributed by atoms with E-state index in [4.69, 9.17) is 26.4 Å². The first-order chi connectivity index (χ1) is 12.7. The highest BCUT2D eigenvalue weighted by molar-refractivity contribution is 7.80. The van der Waals surface area contributed by atoms with E-state index in [1.54, 1.807) is 24.4 Å². The van der Waals surface area contributed by atoms with Gasteiger partial charge in [-0.3, -0.25) is 10.2 Å². The van der Waals surface area contributed by atoms with Crippen molar-refractivity contribution < 1.29 is 19.0 Å². The monoisotopic (exact) mass is 377 g/mol. The number of thiocarbonyl (C=S) groups is 1. The molecular formula is C18H23N3O4S. The highest BCUT2D eigenvalue weighted by Crippen LogP contribution is 2.34. The molecule has 1 aromatic carbocycles. The van der Waals surface area contributed by atoms with Crippen LogP contribution in [0.15, 0.2) is 23.3 Å². The average Bonchev–Trinajstić information content (AvgIpc) is 3.37. The molecule has 26 heavy (non-hydrogen) atoms. The number of benzene rings is 1. The van der Waals surface area contributed by atoms with Crippen LogP contribution in [-0.4, -0.2) is 43.7 Å². The van der Waals surface area contributed by atoms with Gasteiger partial charge in [-0.15, -0.1) is 0 Å². The average molecular weight is 377 g/mol. The maximum absolute atomic E-state index is 11.8. The lowest BCUT2D eigenvalue weighted by atomic mass is 10.2. The third kappa shape index (κ3) is 5.40. The lowest BCUT2D eigenvalue weighted by Gasteiger charge is -2.12. The largest absolute Gasteiger partial charge is 0.493 e. The van der Waals surface area contributed by atoms with E-state index in [9.17, 15) is 4.79 Å². The van der Waals surface area contributed by atoms with Gasteiger partial charge in [-0.2, -0.15) is 5.10 Å². The lowest BCUT2D eigenvalue weighted by Crippen LogP contribution is -2.37. The van der Waals surface area contributed by atoms with Gasteiger partial charge >= 0.3 is 5.97 Å². The quantitative estimate of drug-likeness (QED) is 0.247. The van der Waals surface area contributed by atoms with Crippen LogP contribution in [0.3, 0.4) is 0 Å². The second kappa shape index (κ2) is 8.95. The highest BCUT2D eigenvalue weighted by atomic mass is 32.1. The number of hydrazone groups is 1. The van der Waals surface area contributed by atoms with Crippen molar-refractivity contribution in [1.82, 2.24) is 10.7 Å². The van der Waals surface area contributed by atoms with Crippen molar-refractivity contribution in [3.8, 4) is 11.5 Å². The Balaban J connectivity index is 1.49. The molecule has 1 saturated heterocycles. The molecule has 0 aromatic heterocycles. The number of nitrogens with zero attached hydrogens (tertiary/aromatic N) is 1. The molecular weight excluding hydrogens is 354 g/mol. The van der Waals surface area contributed by atoms with Gasteiger partial charge in [0.2, 0.25) is 0 Å². The molecule has 0 bridgehead atoms. The van der Waals surface area contributed by atoms with Gasteiger partial charge in [-0.25, -0.2) is 0 Å². The topological polar surface area (TPSA) is 81.2 Å². The molecule has 1 aliphatic carbocycles. The van der Waals surface area contributed by atoms with Gasteiger partial charge in [-0.05, 0) is 61.7 Å². The van der Waals surface area contributed by atoms with E-state index in [-0.39, 0.29) is 18.0 Å². The maximum atomic E-state index is 11.8. The van der Waals surface area contributed by atoms with Gasteiger partial charge in [-0.1, -0.05) is 0 Å². The van der Waals surface area contributed by atoms with E-state index in [1.807, 2.05) is 0 Å². The van der Waals surface area contributed by atoms with Crippen LogP contribution < -0.4 is 20.2 Å². The molecule has 1 aliphatic heterocycles. The van der Waals surface area contributed by atoms with Crippen LogP contribution in [0.2, 0.25) is 0 Å². The number of hydrogen-bond donors (Lipinski definition) is 2. The van der Waals surface area contributed by atoms with Crippen molar-refractivity contribution in [3.63, 3.8) is 0 Å². The minimum absolute atomic E-state index is 0.0355. The van der Waals surface area contributed by atoms with Crippen LogP contribution in [0.25, 0.3) is 0 Å². The summed E-state index contributed by atoms with van der Waals surface area (Å²) in [5, 5.41) is 7.63. The summed E-state index contributed by atoms with van der Waals surface area (Å²) in [6.45, 7) is 1.49. The van der Waals surface area contributed by atoms with Gasteiger partial charge in [0.1, 0.15) is 0 Å². The van der Waals surface area contributed by atoms with Crippen molar-refractivity contribution in [2.24, 2.45) is 11.0 Å². The fourth-order valence-electron chi connectivity index (χ4n) is 2.58. The summed E-state index contributed by atoms with van der Waals surface area (Å²) in [6, 6.07) is 5.25. The molecule has 1 heterocycles. The SMILES string of the molecule is COc1cc(/C=N\NC(=S)NC[C@H]2CCCO2)ccc1OC(=O)C1CC1. The zero-order valence-corrected chi connectivity index (χ0v) is 15.5. The minimum Gasteiger partial charge on any atom is -0.493 e. The molecule has 2 N–H and O–H groups in total. The summed E-state index contributed by atoms with van der Waals surface area (Å²) >= 11 is 5.18. The molecule has 2 fully saturated rings. The number of ether oxygens (including phenoxy) is 3. The normalized spacial score (nSPS) is 19.3. The number of carbonyl (C=O) groups excluding carboxylic acids is 1. The van der Waals surface area contributed by atoms with Crippen LogP contribution in [0.4, 0.5) is 0 Å². The molecule has 140 valence electrons. The van der Waals surface area contributed by atoms with Crippen molar-refractivity contribution in [1.29, 1.82) is 0 Å². The standard InChI is InChI=1S/C18H23N3O4S/c1-23-16-9-12(4-7-15(16)25-17(22)13-5-6-13)10-20-21-18(26)19-11-14-3-2-8-24-14/h4,7,9-10,13-14H,2-3,5-6,8,11H2,1H3,(H2,19,21,26)/b20-10-/t14-/m1/s1. The summed E-state index contributed by atoms with van der Waals surface area (Å²) < 4.78 is 16.2. The zero-order valence-electron chi connectivity index (χ0n) is 14.7. The molecule has 0 unspecified atom stereocenters. The first kappa shape index (κ1) is 18.6. The van der Waals surface area contributed by atoms with Crippen LogP contribution in [0.5, 0.6) is 11.5 Å². The van der Waals surface area contributed by atoms with Crippen molar-refractivity contribution in [2.45, 2.75) is 31.8 Å². The van der Waals surface area contributed by atoms with Crippen LogP contribution in [0.1, 0.15) is 31.2 Å². The van der Waals surface area contributed by atoms with Crippen LogP contribution in [0, 0.1) is 5.92 Å². The molecule has 2 aliphatic rings. The Kier molecular flexibility index (Phi) is 6.40. The Morgan fingerprint density at radius 1 is 1.38 bits per heavy atom. The number of hydrogen-bond acceptors (Lipinski definition) is 6. The Bertz CT molecular complexity index is 685. The van der Waals surface area contributed by atoms with E-state index in [2.05, 4.69) is 15.8 Å². The predicted molar refractivity (Wildman–Crippen MR) is 102 cm³/mol. The summed E-state index contributed by atoms with van der Waals surface area (Å²) in [7, 11) is 1.53. The van der Waals surface area contributed by atoms with Gasteiger partial charge in [0.25, 0.3) is 0 Å². The highest BCUT2D eigenvalue weighted by Gasteiger charge is 2.32. The number of carbonyl (C=O) groups is 1. The van der Waals surface area contributed by atoms with E-state index < -0.39 is 0 Å². The van der Waals surface area contributed by atoms with E-state index in [0.717, 1.165) is 37.9 Å². The van der Waals surface area contributed by atoms with Crippen LogP contribution >= 0.6 is 12.2 Å². The van der Waals surface area contributed by atoms with Crippen molar-refractivity contribution in [2.75, 3.05) is 20.3 Å². The molecule has 3 rings (SSSR count). The molecule has 1 atom stereocenters. The Labute approximate surface area is 158 Å². The molecule has 1 aromatic rings. The number of esters is 1. The zero-order chi connectivity index (χ0) is 18.4. The number of methoxy groups -OCH3 is 1. The lowest BCUT2D eigenvalue weighted by molar-refractivity contribution is -0.135. The van der Waals surface area contributed by atoms with Gasteiger partial charge in [0.15, 0.2) is 16.6 Å². The number of rotatable bonds is 7. The second-order valence-electron chi connectivity index (χ2n) is 6.32. The fourth-order valence-corrected chi connectivity index (χ4v) is 2.71. The summed E-state index contributed by atoms with van der Waals surface area (Å²) in [6.07, 6.45) is 5.79. The maximum Gasteiger partial charge on any atom is 0.314 e. The summed E-state index contributed by atoms with van der Waals surface area (Å²) in [5.41, 5.74) is 3.56. The van der Waals surface area contributed by atoms with Crippen molar-refractivity contribution >= 4 is 29.5 Å². The van der Waals surface area contributed by atoms with Crippen molar-refractivity contribution in [3.05, 3.63) is 23.8 Å². The molecule has 7 nitrogen and oxygen atoms in total. The minimum atomic E-state index is -0.200. The van der Waals surface area contributed by atoms with E-state index >= 15 is 0 Å². The Morgan fingerprint density at radius 2 is 2.23 bits per heavy atom. The van der Waals surface area contributed by atoms with Gasteiger partial charge in [0, 0.05) is 13.2 Å². The second-order valence-corrected chi connectivity index (χ2v) is 6.73. The van der Waals surface area contributed by atoms with Crippen LogP contribution in [-0.2, 0) is 9.53 Å². The van der Waals surface area contributed by atoms with E-state index in [1.165, 1.54) is 7.11 Å². The molecule has 1 saturated carbocycles. The summed E-state index contributed by atoms with van der Waals surface area (Å²) in [5.74, 6) is 0.743. The first-order valence-corrected chi connectivity index (χ1v) is 9.15. The summed E-state index contributed by atoms with van der Waals surface area (Å²) in [4.78, 5) is 11.8. The number of nitrogens with one attached hydrogen (secondary N) is 2. The van der Waals surface area contributed by atoms with E-state index in [0.29, 0.717) is 23.2 Å². The Morgan fingerprint density at radius 3 is 2.92 bits per heavy atom. The molecule has 0 radical (unpaired) electrons. The third-order valence-electron chi connectivity index (χ3n) is 4.20. The third-order valence-corrected chi connectivity index (χ3v) is 4.44. The first-order valence-electron chi connectivity index (χ1n) is 8.74.